The van der Waals surface area contributed by atoms with Crippen molar-refractivity contribution >= 4 is 22.6 Å². The third kappa shape index (κ3) is 3.28. The molecule has 2 aliphatic rings. The highest BCUT2D eigenvalue weighted by atomic mass is 16.2. The van der Waals surface area contributed by atoms with Crippen molar-refractivity contribution in [1.82, 2.24) is 34.7 Å². The van der Waals surface area contributed by atoms with Gasteiger partial charge in [-0.3, -0.25) is 9.78 Å². The van der Waals surface area contributed by atoms with Crippen LogP contribution in [-0.2, 0) is 5.41 Å². The summed E-state index contributed by atoms with van der Waals surface area (Å²) >= 11 is 0. The second-order valence-corrected chi connectivity index (χ2v) is 9.45. The number of nitrogens with zero attached hydrogens (tertiary/aromatic N) is 7. The number of likely N-dealkylation sites (tertiary alicyclic amines) is 1. The molecule has 2 fully saturated rings. The summed E-state index contributed by atoms with van der Waals surface area (Å²) < 4.78 is 1.78. The molecular formula is C27H23N7O. The Bertz CT molecular complexity index is 1580. The number of hydrogen-bond acceptors (Lipinski definition) is 6. The van der Waals surface area contributed by atoms with Gasteiger partial charge in [0.2, 0.25) is 0 Å². The maximum Gasteiger partial charge on any atom is 0.271 e. The summed E-state index contributed by atoms with van der Waals surface area (Å²) in [6.45, 7) is 1.68. The Balaban J connectivity index is 1.24. The Morgan fingerprint density at radius 2 is 1.74 bits per heavy atom. The van der Waals surface area contributed by atoms with Gasteiger partial charge in [0, 0.05) is 35.8 Å². The van der Waals surface area contributed by atoms with E-state index in [1.807, 2.05) is 41.4 Å². The van der Waals surface area contributed by atoms with Crippen LogP contribution in [0.1, 0.15) is 47.4 Å². The summed E-state index contributed by atoms with van der Waals surface area (Å²) in [4.78, 5) is 23.6. The van der Waals surface area contributed by atoms with Gasteiger partial charge in [-0.1, -0.05) is 24.3 Å². The lowest BCUT2D eigenvalue weighted by Crippen LogP contribution is -2.27. The van der Waals surface area contributed by atoms with E-state index in [-0.39, 0.29) is 11.3 Å². The van der Waals surface area contributed by atoms with Crippen LogP contribution in [0.2, 0.25) is 0 Å². The van der Waals surface area contributed by atoms with E-state index in [1.165, 1.54) is 5.56 Å². The molecule has 8 heteroatoms. The highest BCUT2D eigenvalue weighted by molar-refractivity contribution is 5.94. The molecule has 1 amide bonds. The van der Waals surface area contributed by atoms with Gasteiger partial charge in [-0.2, -0.15) is 9.61 Å². The molecule has 2 aromatic carbocycles. The summed E-state index contributed by atoms with van der Waals surface area (Å²) in [5.41, 5.74) is 4.28. The monoisotopic (exact) mass is 461 g/mol. The predicted molar refractivity (Wildman–Crippen MR) is 131 cm³/mol. The van der Waals surface area contributed by atoms with Crippen molar-refractivity contribution in [2.24, 2.45) is 0 Å². The zero-order valence-electron chi connectivity index (χ0n) is 19.1. The van der Waals surface area contributed by atoms with Crippen LogP contribution in [0.4, 0.5) is 0 Å². The van der Waals surface area contributed by atoms with E-state index in [1.54, 1.807) is 10.7 Å². The standard InChI is InChI=1S/C27H23N7O/c35-24(33-14-1-2-15-33)19-7-5-18(6-8-19)23-17-29-26-31-30-25(34(26)32-23)27(11-12-27)21-9-10-22-20(16-21)4-3-13-28-22/h3-10,13,16-17H,1-2,11-12,14-15H2. The summed E-state index contributed by atoms with van der Waals surface area (Å²) in [7, 11) is 0. The number of fused-ring (bicyclic) bond motifs is 2. The maximum absolute atomic E-state index is 12.7. The van der Waals surface area contributed by atoms with Crippen LogP contribution in [0, 0.1) is 0 Å². The number of rotatable bonds is 4. The number of aromatic nitrogens is 6. The Kier molecular flexibility index (Phi) is 4.42. The van der Waals surface area contributed by atoms with Gasteiger partial charge in [-0.25, -0.2) is 4.98 Å². The second-order valence-electron chi connectivity index (χ2n) is 9.45. The average molecular weight is 462 g/mol. The summed E-state index contributed by atoms with van der Waals surface area (Å²) in [6.07, 6.45) is 7.66. The molecule has 5 aromatic rings. The fourth-order valence-corrected chi connectivity index (χ4v) is 5.15. The smallest absolute Gasteiger partial charge is 0.271 e. The molecule has 0 radical (unpaired) electrons. The fourth-order valence-electron chi connectivity index (χ4n) is 5.15. The largest absolute Gasteiger partial charge is 0.339 e. The van der Waals surface area contributed by atoms with E-state index >= 15 is 0 Å². The molecule has 3 aromatic heterocycles. The van der Waals surface area contributed by atoms with E-state index in [9.17, 15) is 4.79 Å². The van der Waals surface area contributed by atoms with E-state index in [4.69, 9.17) is 5.10 Å². The molecule has 1 aliphatic carbocycles. The first-order valence-corrected chi connectivity index (χ1v) is 12.1. The summed E-state index contributed by atoms with van der Waals surface area (Å²) in [6, 6.07) is 18.1. The Morgan fingerprint density at radius 3 is 2.54 bits per heavy atom. The molecule has 7 rings (SSSR count). The van der Waals surface area contributed by atoms with Crippen molar-refractivity contribution < 1.29 is 4.79 Å². The van der Waals surface area contributed by atoms with Crippen LogP contribution in [0.25, 0.3) is 27.9 Å². The molecule has 1 aliphatic heterocycles. The van der Waals surface area contributed by atoms with Gasteiger partial charge in [0.1, 0.15) is 5.69 Å². The minimum absolute atomic E-state index is 0.0953. The minimum Gasteiger partial charge on any atom is -0.339 e. The lowest BCUT2D eigenvalue weighted by Gasteiger charge is -2.15. The first-order valence-electron chi connectivity index (χ1n) is 12.1. The fraction of sp³-hybridized carbons (Fsp3) is 0.259. The van der Waals surface area contributed by atoms with Crippen LogP contribution >= 0.6 is 0 Å². The van der Waals surface area contributed by atoms with Gasteiger partial charge < -0.3 is 4.90 Å². The number of benzene rings is 2. The second kappa shape index (κ2) is 7.66. The topological polar surface area (TPSA) is 89.2 Å². The van der Waals surface area contributed by atoms with Gasteiger partial charge in [-0.05, 0) is 61.6 Å². The van der Waals surface area contributed by atoms with Crippen molar-refractivity contribution in [2.45, 2.75) is 31.1 Å². The van der Waals surface area contributed by atoms with Crippen LogP contribution in [0.5, 0.6) is 0 Å². The van der Waals surface area contributed by atoms with Crippen LogP contribution in [-0.4, -0.2) is 53.7 Å². The SMILES string of the molecule is O=C(c1ccc(-c2cnc3nnc(C4(c5ccc6ncccc6c5)CC4)n3n2)cc1)N1CCCC1. The maximum atomic E-state index is 12.7. The molecule has 1 saturated carbocycles. The first kappa shape index (κ1) is 20.2. The van der Waals surface area contributed by atoms with Gasteiger partial charge in [-0.15, -0.1) is 10.2 Å². The zero-order chi connectivity index (χ0) is 23.4. The highest BCUT2D eigenvalue weighted by Crippen LogP contribution is 2.53. The summed E-state index contributed by atoms with van der Waals surface area (Å²) in [5.74, 6) is 1.39. The van der Waals surface area contributed by atoms with E-state index in [0.717, 1.165) is 66.8 Å². The van der Waals surface area contributed by atoms with E-state index < -0.39 is 0 Å². The third-order valence-corrected chi connectivity index (χ3v) is 7.29. The molecule has 0 unspecified atom stereocenters. The number of hydrogen-bond donors (Lipinski definition) is 0. The van der Waals surface area contributed by atoms with E-state index in [0.29, 0.717) is 11.3 Å². The number of amides is 1. The quantitative estimate of drug-likeness (QED) is 0.401. The number of carbonyl (C=O) groups is 1. The molecule has 35 heavy (non-hydrogen) atoms. The zero-order valence-corrected chi connectivity index (χ0v) is 19.1. The minimum atomic E-state index is -0.219. The van der Waals surface area contributed by atoms with Gasteiger partial charge >= 0.3 is 0 Å². The normalized spacial score (nSPS) is 16.7. The van der Waals surface area contributed by atoms with Crippen molar-refractivity contribution in [3.8, 4) is 11.3 Å². The molecular weight excluding hydrogens is 438 g/mol. The van der Waals surface area contributed by atoms with Crippen molar-refractivity contribution in [1.29, 1.82) is 0 Å². The molecule has 4 heterocycles. The molecule has 0 bridgehead atoms. The van der Waals surface area contributed by atoms with Crippen LogP contribution in [0.15, 0.2) is 67.0 Å². The molecule has 0 spiro atoms. The molecule has 0 N–H and O–H groups in total. The molecule has 1 saturated heterocycles. The highest BCUT2D eigenvalue weighted by Gasteiger charge is 2.50. The Morgan fingerprint density at radius 1 is 0.914 bits per heavy atom. The lowest BCUT2D eigenvalue weighted by atomic mass is 9.94. The van der Waals surface area contributed by atoms with Gasteiger partial charge in [0.05, 0.1) is 17.1 Å². The van der Waals surface area contributed by atoms with Crippen molar-refractivity contribution in [2.75, 3.05) is 13.1 Å². The predicted octanol–water partition coefficient (Wildman–Crippen LogP) is 4.05. The molecule has 0 atom stereocenters. The van der Waals surface area contributed by atoms with Gasteiger partial charge in [0.25, 0.3) is 11.7 Å². The Labute approximate surface area is 201 Å². The van der Waals surface area contributed by atoms with Crippen molar-refractivity contribution in [3.05, 3.63) is 83.9 Å². The van der Waals surface area contributed by atoms with Gasteiger partial charge in [0.15, 0.2) is 5.82 Å². The first-order chi connectivity index (χ1) is 17.2. The van der Waals surface area contributed by atoms with Crippen molar-refractivity contribution in [3.63, 3.8) is 0 Å². The lowest BCUT2D eigenvalue weighted by molar-refractivity contribution is 0.0793. The number of pyridine rings is 1. The van der Waals surface area contributed by atoms with E-state index in [2.05, 4.69) is 44.4 Å². The number of carbonyl (C=O) groups excluding carboxylic acids is 1. The summed E-state index contributed by atoms with van der Waals surface area (Å²) in [5, 5.41) is 14.8. The van der Waals surface area contributed by atoms with Crippen LogP contribution < -0.4 is 0 Å². The Hall–Kier alpha value is -4.20. The average Bonchev–Trinajstić information content (AvgIpc) is 3.32. The molecule has 172 valence electrons. The third-order valence-electron chi connectivity index (χ3n) is 7.29. The molecule has 8 nitrogen and oxygen atoms in total. The van der Waals surface area contributed by atoms with Crippen LogP contribution in [0.3, 0.4) is 0 Å².